The zero-order valence-corrected chi connectivity index (χ0v) is 11.3. The molecule has 1 N–H and O–H groups in total. The average molecular weight is 311 g/mol. The van der Waals surface area contributed by atoms with Crippen LogP contribution in [0.4, 0.5) is 10.1 Å². The minimum atomic E-state index is -0.916. The third-order valence-corrected chi connectivity index (χ3v) is 3.89. The highest BCUT2D eigenvalue weighted by Gasteiger charge is 2.41. The molecule has 0 saturated heterocycles. The molecule has 0 aliphatic heterocycles. The Bertz CT molecular complexity index is 518. The predicted octanol–water partition coefficient (Wildman–Crippen LogP) is 3.61. The van der Waals surface area contributed by atoms with Gasteiger partial charge in [0.2, 0.25) is 5.91 Å². The van der Waals surface area contributed by atoms with E-state index in [0.29, 0.717) is 18.5 Å². The van der Waals surface area contributed by atoms with Gasteiger partial charge in [-0.05, 0) is 47.0 Å². The summed E-state index contributed by atoms with van der Waals surface area (Å²) in [7, 11) is 0. The first kappa shape index (κ1) is 13.0. The third-order valence-electron chi connectivity index (χ3n) is 3.28. The molecule has 0 atom stereocenters. The van der Waals surface area contributed by atoms with E-state index in [2.05, 4.69) is 27.3 Å². The first-order chi connectivity index (χ1) is 8.57. The zero-order valence-electron chi connectivity index (χ0n) is 9.67. The molecule has 2 rings (SSSR count). The molecule has 0 bridgehead atoms. The first-order valence-corrected chi connectivity index (χ1v) is 6.54. The lowest BCUT2D eigenvalue weighted by atomic mass is 9.87. The number of hydrogen-bond acceptors (Lipinski definition) is 2. The Morgan fingerprint density at radius 3 is 2.67 bits per heavy atom. The van der Waals surface area contributed by atoms with Crippen molar-refractivity contribution in [1.29, 1.82) is 5.26 Å². The van der Waals surface area contributed by atoms with Gasteiger partial charge in [-0.1, -0.05) is 12.8 Å². The van der Waals surface area contributed by atoms with Crippen LogP contribution in [-0.4, -0.2) is 5.91 Å². The van der Waals surface area contributed by atoms with Crippen molar-refractivity contribution in [2.45, 2.75) is 25.7 Å². The summed E-state index contributed by atoms with van der Waals surface area (Å²) < 4.78 is 13.4. The molecule has 0 heterocycles. The van der Waals surface area contributed by atoms with Crippen LogP contribution in [0.3, 0.4) is 0 Å². The van der Waals surface area contributed by atoms with Gasteiger partial charge in [0, 0.05) is 5.69 Å². The van der Waals surface area contributed by atoms with E-state index in [1.807, 2.05) is 0 Å². The van der Waals surface area contributed by atoms with Crippen LogP contribution >= 0.6 is 15.9 Å². The van der Waals surface area contributed by atoms with E-state index >= 15 is 0 Å². The zero-order chi connectivity index (χ0) is 13.2. The number of halogens is 2. The minimum absolute atomic E-state index is 0.290. The summed E-state index contributed by atoms with van der Waals surface area (Å²) in [5.41, 5.74) is -0.421. The molecule has 1 fully saturated rings. The Hall–Kier alpha value is -1.41. The third kappa shape index (κ3) is 2.39. The quantitative estimate of drug-likeness (QED) is 0.907. The summed E-state index contributed by atoms with van der Waals surface area (Å²) in [5, 5.41) is 11.9. The number of carbonyl (C=O) groups excluding carboxylic acids is 1. The van der Waals surface area contributed by atoms with Crippen molar-refractivity contribution in [2.24, 2.45) is 5.41 Å². The number of anilines is 1. The number of rotatable bonds is 2. The maximum absolute atomic E-state index is 13.1. The normalized spacial score (nSPS) is 17.2. The summed E-state index contributed by atoms with van der Waals surface area (Å²) in [6.07, 6.45) is 2.98. The first-order valence-electron chi connectivity index (χ1n) is 5.75. The molecule has 1 saturated carbocycles. The molecule has 1 amide bonds. The Labute approximate surface area is 113 Å². The molecule has 0 aromatic heterocycles. The number of nitrogens with zero attached hydrogens (tertiary/aromatic N) is 1. The molecule has 5 heteroatoms. The summed E-state index contributed by atoms with van der Waals surface area (Å²) in [6, 6.07) is 6.37. The van der Waals surface area contributed by atoms with Crippen LogP contribution in [0.15, 0.2) is 22.7 Å². The fourth-order valence-corrected chi connectivity index (χ4v) is 2.57. The predicted molar refractivity (Wildman–Crippen MR) is 69.2 cm³/mol. The molecule has 0 unspecified atom stereocenters. The van der Waals surface area contributed by atoms with Gasteiger partial charge in [-0.25, -0.2) is 4.39 Å². The summed E-state index contributed by atoms with van der Waals surface area (Å²) >= 11 is 3.06. The van der Waals surface area contributed by atoms with Crippen molar-refractivity contribution >= 4 is 27.5 Å². The number of hydrogen-bond donors (Lipinski definition) is 1. The lowest BCUT2D eigenvalue weighted by molar-refractivity contribution is -0.122. The van der Waals surface area contributed by atoms with Crippen molar-refractivity contribution in [3.05, 3.63) is 28.5 Å². The van der Waals surface area contributed by atoms with E-state index in [4.69, 9.17) is 0 Å². The number of nitrogens with one attached hydrogen (secondary N) is 1. The second kappa shape index (κ2) is 5.07. The van der Waals surface area contributed by atoms with Crippen molar-refractivity contribution in [2.75, 3.05) is 5.32 Å². The molecular formula is C13H12BrFN2O. The fraction of sp³-hybridized carbons (Fsp3) is 0.385. The molecular weight excluding hydrogens is 299 g/mol. The monoisotopic (exact) mass is 310 g/mol. The molecule has 18 heavy (non-hydrogen) atoms. The second-order valence-electron chi connectivity index (χ2n) is 4.48. The molecule has 1 aromatic carbocycles. The molecule has 3 nitrogen and oxygen atoms in total. The lowest BCUT2D eigenvalue weighted by Crippen LogP contribution is -2.32. The van der Waals surface area contributed by atoms with Gasteiger partial charge in [0.1, 0.15) is 11.2 Å². The van der Waals surface area contributed by atoms with Crippen LogP contribution in [-0.2, 0) is 4.79 Å². The van der Waals surface area contributed by atoms with E-state index < -0.39 is 5.41 Å². The van der Waals surface area contributed by atoms with E-state index in [9.17, 15) is 14.4 Å². The van der Waals surface area contributed by atoms with Gasteiger partial charge >= 0.3 is 0 Å². The summed E-state index contributed by atoms with van der Waals surface area (Å²) in [6.45, 7) is 0. The van der Waals surface area contributed by atoms with E-state index in [1.54, 1.807) is 0 Å². The highest BCUT2D eigenvalue weighted by atomic mass is 79.9. The van der Waals surface area contributed by atoms with Gasteiger partial charge in [0.25, 0.3) is 0 Å². The van der Waals surface area contributed by atoms with Crippen LogP contribution in [0.2, 0.25) is 0 Å². The minimum Gasteiger partial charge on any atom is -0.325 e. The number of nitriles is 1. The van der Waals surface area contributed by atoms with Gasteiger partial charge in [0.15, 0.2) is 0 Å². The second-order valence-corrected chi connectivity index (χ2v) is 5.34. The molecule has 1 aliphatic rings. The molecule has 0 radical (unpaired) electrons. The smallest absolute Gasteiger partial charge is 0.244 e. The summed E-state index contributed by atoms with van der Waals surface area (Å²) in [5.74, 6) is -0.676. The Kier molecular flexibility index (Phi) is 3.67. The number of amides is 1. The highest BCUT2D eigenvalue weighted by molar-refractivity contribution is 9.10. The molecule has 94 valence electrons. The van der Waals surface area contributed by atoms with Gasteiger partial charge in [-0.2, -0.15) is 5.26 Å². The Morgan fingerprint density at radius 1 is 1.44 bits per heavy atom. The topological polar surface area (TPSA) is 52.9 Å². The van der Waals surface area contributed by atoms with Crippen molar-refractivity contribution < 1.29 is 9.18 Å². The number of benzene rings is 1. The van der Waals surface area contributed by atoms with Crippen LogP contribution in [0.5, 0.6) is 0 Å². The molecule has 1 aromatic rings. The van der Waals surface area contributed by atoms with E-state index in [0.717, 1.165) is 12.8 Å². The standard InChI is InChI=1S/C13H12BrFN2O/c14-10-7-9(3-4-11(10)15)17-12(18)13(8-16)5-1-2-6-13/h3-4,7H,1-2,5-6H2,(H,17,18). The lowest BCUT2D eigenvalue weighted by Gasteiger charge is -2.19. The summed E-state index contributed by atoms with van der Waals surface area (Å²) in [4.78, 5) is 12.1. The van der Waals surface area contributed by atoms with Gasteiger partial charge in [-0.3, -0.25) is 4.79 Å². The van der Waals surface area contributed by atoms with Crippen molar-refractivity contribution in [3.63, 3.8) is 0 Å². The molecule has 0 spiro atoms. The van der Waals surface area contributed by atoms with Gasteiger partial charge in [-0.15, -0.1) is 0 Å². The fourth-order valence-electron chi connectivity index (χ4n) is 2.19. The van der Waals surface area contributed by atoms with Gasteiger partial charge in [0.05, 0.1) is 10.5 Å². The van der Waals surface area contributed by atoms with Crippen molar-refractivity contribution in [1.82, 2.24) is 0 Å². The Balaban J connectivity index is 2.16. The number of carbonyl (C=O) groups is 1. The Morgan fingerprint density at radius 2 is 2.11 bits per heavy atom. The SMILES string of the molecule is N#CC1(C(=O)Nc2ccc(F)c(Br)c2)CCCC1. The van der Waals surface area contributed by atoms with Crippen LogP contribution < -0.4 is 5.32 Å². The molecule has 1 aliphatic carbocycles. The van der Waals surface area contributed by atoms with Crippen molar-refractivity contribution in [3.8, 4) is 6.07 Å². The van der Waals surface area contributed by atoms with E-state index in [1.165, 1.54) is 18.2 Å². The van der Waals surface area contributed by atoms with Crippen LogP contribution in [0, 0.1) is 22.6 Å². The maximum Gasteiger partial charge on any atom is 0.244 e. The highest BCUT2D eigenvalue weighted by Crippen LogP contribution is 2.38. The van der Waals surface area contributed by atoms with Gasteiger partial charge < -0.3 is 5.32 Å². The largest absolute Gasteiger partial charge is 0.325 e. The van der Waals surface area contributed by atoms with Crippen LogP contribution in [0.25, 0.3) is 0 Å². The maximum atomic E-state index is 13.1. The van der Waals surface area contributed by atoms with E-state index in [-0.39, 0.29) is 16.2 Å². The average Bonchev–Trinajstić information content (AvgIpc) is 2.84. The van der Waals surface area contributed by atoms with Crippen LogP contribution in [0.1, 0.15) is 25.7 Å².